The number of carbonyl (C=O) groups is 1. The van der Waals surface area contributed by atoms with Crippen molar-refractivity contribution in [3.05, 3.63) is 76.2 Å². The zero-order valence-corrected chi connectivity index (χ0v) is 18.5. The molecule has 0 saturated carbocycles. The molecule has 3 aromatic rings. The Morgan fingerprint density at radius 2 is 1.77 bits per heavy atom. The molecule has 31 heavy (non-hydrogen) atoms. The molecule has 0 radical (unpaired) electrons. The van der Waals surface area contributed by atoms with Gasteiger partial charge in [-0.2, -0.15) is 5.10 Å². The van der Waals surface area contributed by atoms with Crippen LogP contribution in [-0.4, -0.2) is 34.2 Å². The predicted octanol–water partition coefficient (Wildman–Crippen LogP) is 4.53. The van der Waals surface area contributed by atoms with Crippen LogP contribution in [0, 0.1) is 0 Å². The first-order valence-electron chi connectivity index (χ1n) is 10.3. The van der Waals surface area contributed by atoms with E-state index in [1.165, 1.54) is 16.4 Å². The Morgan fingerprint density at radius 3 is 2.35 bits per heavy atom. The highest BCUT2D eigenvalue weighted by Crippen LogP contribution is 2.29. The number of amides is 1. The molecule has 0 aliphatic rings. The van der Waals surface area contributed by atoms with E-state index in [0.717, 1.165) is 0 Å². The maximum atomic E-state index is 12.7. The first-order valence-corrected chi connectivity index (χ1v) is 10.3. The molecule has 0 fully saturated rings. The summed E-state index contributed by atoms with van der Waals surface area (Å²) < 4.78 is 7.20. The normalized spacial score (nSPS) is 10.8. The van der Waals surface area contributed by atoms with Crippen LogP contribution >= 0.6 is 0 Å². The molecule has 0 aliphatic heterocycles. The standard InChI is InChI=1S/C24H28N4O3/c1-6-27(4)23(29)18-7-11-19(12-8-18)26-22-21(15-25-28(5)24(22)30)31-20-13-9-17(10-14-20)16(2)3/h7-16,26H,6H2,1-5H3. The fourth-order valence-electron chi connectivity index (χ4n) is 2.97. The third-order valence-corrected chi connectivity index (χ3v) is 5.10. The molecule has 3 rings (SSSR count). The van der Waals surface area contributed by atoms with Crippen molar-refractivity contribution in [2.45, 2.75) is 26.7 Å². The van der Waals surface area contributed by atoms with Crippen molar-refractivity contribution in [1.82, 2.24) is 14.7 Å². The highest BCUT2D eigenvalue weighted by Gasteiger charge is 2.14. The Labute approximate surface area is 182 Å². The second kappa shape index (κ2) is 9.47. The van der Waals surface area contributed by atoms with Crippen LogP contribution in [-0.2, 0) is 7.05 Å². The lowest BCUT2D eigenvalue weighted by molar-refractivity contribution is 0.0802. The number of benzene rings is 2. The Kier molecular flexibility index (Phi) is 6.74. The van der Waals surface area contributed by atoms with Gasteiger partial charge in [0.15, 0.2) is 11.4 Å². The second-order valence-corrected chi connectivity index (χ2v) is 7.66. The van der Waals surface area contributed by atoms with Gasteiger partial charge < -0.3 is 15.0 Å². The summed E-state index contributed by atoms with van der Waals surface area (Å²) >= 11 is 0. The van der Waals surface area contributed by atoms with Crippen molar-refractivity contribution >= 4 is 17.3 Å². The lowest BCUT2D eigenvalue weighted by Gasteiger charge is -2.16. The molecule has 1 N–H and O–H groups in total. The first-order chi connectivity index (χ1) is 14.8. The van der Waals surface area contributed by atoms with E-state index in [1.807, 2.05) is 31.2 Å². The monoisotopic (exact) mass is 420 g/mol. The molecule has 0 saturated heterocycles. The van der Waals surface area contributed by atoms with E-state index in [1.54, 1.807) is 43.3 Å². The number of nitrogens with zero attached hydrogens (tertiary/aromatic N) is 3. The van der Waals surface area contributed by atoms with Crippen LogP contribution in [0.5, 0.6) is 11.5 Å². The number of hydrogen-bond donors (Lipinski definition) is 1. The van der Waals surface area contributed by atoms with Gasteiger partial charge in [-0.05, 0) is 54.8 Å². The van der Waals surface area contributed by atoms with Crippen molar-refractivity contribution in [1.29, 1.82) is 0 Å². The van der Waals surface area contributed by atoms with E-state index in [2.05, 4.69) is 24.3 Å². The van der Waals surface area contributed by atoms with Gasteiger partial charge in [-0.25, -0.2) is 4.68 Å². The summed E-state index contributed by atoms with van der Waals surface area (Å²) in [5.74, 6) is 1.31. The number of aryl methyl sites for hydroxylation is 1. The van der Waals surface area contributed by atoms with Gasteiger partial charge in [-0.15, -0.1) is 0 Å². The average molecular weight is 421 g/mol. The van der Waals surface area contributed by atoms with Gasteiger partial charge in [0.05, 0.1) is 6.20 Å². The van der Waals surface area contributed by atoms with Crippen molar-refractivity contribution < 1.29 is 9.53 Å². The molecule has 1 heterocycles. The summed E-state index contributed by atoms with van der Waals surface area (Å²) in [6.45, 7) is 6.80. The smallest absolute Gasteiger partial charge is 0.294 e. The van der Waals surface area contributed by atoms with Crippen LogP contribution in [0.3, 0.4) is 0 Å². The number of ether oxygens (including phenoxy) is 1. The maximum absolute atomic E-state index is 12.7. The summed E-state index contributed by atoms with van der Waals surface area (Å²) in [5, 5.41) is 7.20. The molecule has 0 unspecified atom stereocenters. The van der Waals surface area contributed by atoms with Crippen LogP contribution in [0.1, 0.15) is 42.6 Å². The quantitative estimate of drug-likeness (QED) is 0.608. The second-order valence-electron chi connectivity index (χ2n) is 7.66. The van der Waals surface area contributed by atoms with Gasteiger partial charge in [0.1, 0.15) is 5.75 Å². The Balaban J connectivity index is 1.86. The number of aromatic nitrogens is 2. The van der Waals surface area contributed by atoms with Gasteiger partial charge in [0.25, 0.3) is 11.5 Å². The minimum absolute atomic E-state index is 0.0530. The topological polar surface area (TPSA) is 76.5 Å². The van der Waals surface area contributed by atoms with E-state index in [4.69, 9.17) is 4.74 Å². The number of rotatable bonds is 7. The summed E-state index contributed by atoms with van der Waals surface area (Å²) in [6, 6.07) is 14.7. The molecule has 0 spiro atoms. The number of carbonyl (C=O) groups excluding carboxylic acids is 1. The zero-order valence-electron chi connectivity index (χ0n) is 18.5. The lowest BCUT2D eigenvalue weighted by atomic mass is 10.0. The molecule has 7 nitrogen and oxygen atoms in total. The molecule has 0 aliphatic carbocycles. The van der Waals surface area contributed by atoms with Crippen molar-refractivity contribution in [2.24, 2.45) is 7.05 Å². The SMILES string of the molecule is CCN(C)C(=O)c1ccc(Nc2c(Oc3ccc(C(C)C)cc3)cnn(C)c2=O)cc1. The largest absolute Gasteiger partial charge is 0.453 e. The summed E-state index contributed by atoms with van der Waals surface area (Å²) in [6.07, 6.45) is 1.51. The Morgan fingerprint density at radius 1 is 1.13 bits per heavy atom. The maximum Gasteiger partial charge on any atom is 0.294 e. The highest BCUT2D eigenvalue weighted by molar-refractivity contribution is 5.94. The molecule has 0 bridgehead atoms. The van der Waals surface area contributed by atoms with E-state index < -0.39 is 0 Å². The Bertz CT molecular complexity index is 1100. The lowest BCUT2D eigenvalue weighted by Crippen LogP contribution is -2.26. The van der Waals surface area contributed by atoms with Crippen molar-refractivity contribution in [2.75, 3.05) is 18.9 Å². The van der Waals surface area contributed by atoms with Crippen molar-refractivity contribution in [3.8, 4) is 11.5 Å². The van der Waals surface area contributed by atoms with Gasteiger partial charge >= 0.3 is 0 Å². The summed E-state index contributed by atoms with van der Waals surface area (Å²) in [4.78, 5) is 26.7. The van der Waals surface area contributed by atoms with Gasteiger partial charge in [-0.1, -0.05) is 26.0 Å². The molecule has 7 heteroatoms. The van der Waals surface area contributed by atoms with Gasteiger partial charge in [-0.3, -0.25) is 9.59 Å². The molecule has 0 atom stereocenters. The molecular formula is C24H28N4O3. The number of nitrogens with one attached hydrogen (secondary N) is 1. The molecule has 2 aromatic carbocycles. The average Bonchev–Trinajstić information content (AvgIpc) is 2.78. The van der Waals surface area contributed by atoms with Crippen LogP contribution in [0.4, 0.5) is 11.4 Å². The molecule has 162 valence electrons. The van der Waals surface area contributed by atoms with E-state index in [0.29, 0.717) is 35.2 Å². The molecule has 1 aromatic heterocycles. The minimum Gasteiger partial charge on any atom is -0.453 e. The van der Waals surface area contributed by atoms with Crippen LogP contribution in [0.15, 0.2) is 59.5 Å². The minimum atomic E-state index is -0.317. The van der Waals surface area contributed by atoms with Crippen LogP contribution in [0.25, 0.3) is 0 Å². The molecular weight excluding hydrogens is 392 g/mol. The van der Waals surface area contributed by atoms with E-state index in [-0.39, 0.29) is 17.2 Å². The van der Waals surface area contributed by atoms with Crippen LogP contribution in [0.2, 0.25) is 0 Å². The third kappa shape index (κ3) is 5.12. The fraction of sp³-hybridized carbons (Fsp3) is 0.292. The summed E-state index contributed by atoms with van der Waals surface area (Å²) in [7, 11) is 3.34. The fourth-order valence-corrected chi connectivity index (χ4v) is 2.97. The third-order valence-electron chi connectivity index (χ3n) is 5.10. The van der Waals surface area contributed by atoms with Gasteiger partial charge in [0, 0.05) is 31.9 Å². The predicted molar refractivity (Wildman–Crippen MR) is 122 cm³/mol. The van der Waals surface area contributed by atoms with E-state index >= 15 is 0 Å². The van der Waals surface area contributed by atoms with Gasteiger partial charge in [0.2, 0.25) is 0 Å². The van der Waals surface area contributed by atoms with Crippen molar-refractivity contribution in [3.63, 3.8) is 0 Å². The van der Waals surface area contributed by atoms with E-state index in [9.17, 15) is 9.59 Å². The Hall–Kier alpha value is -3.61. The van der Waals surface area contributed by atoms with Crippen LogP contribution < -0.4 is 15.6 Å². The zero-order chi connectivity index (χ0) is 22.5. The number of anilines is 2. The number of hydrogen-bond acceptors (Lipinski definition) is 5. The molecule has 1 amide bonds. The first kappa shape index (κ1) is 22.1. The highest BCUT2D eigenvalue weighted by atomic mass is 16.5. The summed E-state index contributed by atoms with van der Waals surface area (Å²) in [5.41, 5.74) is 2.41.